The van der Waals surface area contributed by atoms with E-state index in [0.29, 0.717) is 29.4 Å². The Hall–Kier alpha value is -3.34. The summed E-state index contributed by atoms with van der Waals surface area (Å²) in [5.74, 6) is 5.88. The van der Waals surface area contributed by atoms with Crippen molar-refractivity contribution in [2.45, 2.75) is 40.4 Å². The van der Waals surface area contributed by atoms with Crippen LogP contribution >= 0.6 is 0 Å². The molecule has 34 heavy (non-hydrogen) atoms. The monoisotopic (exact) mass is 473 g/mol. The van der Waals surface area contributed by atoms with Crippen LogP contribution in [0.3, 0.4) is 0 Å². The molecule has 0 aliphatic carbocycles. The van der Waals surface area contributed by atoms with Gasteiger partial charge in [-0.3, -0.25) is 15.2 Å². The number of anilines is 1. The minimum atomic E-state index is -0.234. The van der Waals surface area contributed by atoms with Gasteiger partial charge < -0.3 is 21.0 Å². The lowest BCUT2D eigenvalue weighted by Gasteiger charge is -2.20. The molecule has 1 amide bonds. The number of pyridine rings is 1. The minimum absolute atomic E-state index is 0. The zero-order valence-electron chi connectivity index (χ0n) is 20.6. The number of nitrogens with one attached hydrogen (secondary N) is 2. The van der Waals surface area contributed by atoms with Gasteiger partial charge in [0.15, 0.2) is 18.2 Å². The highest BCUT2D eigenvalue weighted by molar-refractivity contribution is 6.46. The first-order valence-corrected chi connectivity index (χ1v) is 10.9. The second kappa shape index (κ2) is 14.0. The molecule has 0 spiro atoms. The zero-order chi connectivity index (χ0) is 24.4. The normalized spacial score (nSPS) is 13.0. The molecule has 0 aliphatic rings. The molecule has 2 aromatic rings. The average Bonchev–Trinajstić information content (AvgIpc) is 2.80. The molecule has 0 bridgehead atoms. The first-order chi connectivity index (χ1) is 15.7. The molecule has 7 N–H and O–H groups in total. The van der Waals surface area contributed by atoms with Crippen LogP contribution in [0.1, 0.15) is 40.4 Å². The van der Waals surface area contributed by atoms with E-state index in [2.05, 4.69) is 15.5 Å². The molecular formula is C24H39N7O3. The van der Waals surface area contributed by atoms with Gasteiger partial charge in [-0.2, -0.15) is 0 Å². The molecule has 2 atom stereocenters. The van der Waals surface area contributed by atoms with Crippen LogP contribution in [0.4, 0.5) is 5.82 Å². The Labute approximate surface area is 203 Å². The van der Waals surface area contributed by atoms with Crippen molar-refractivity contribution in [2.75, 3.05) is 19.0 Å². The van der Waals surface area contributed by atoms with E-state index >= 15 is 0 Å². The number of hydrogen-bond donors (Lipinski definition) is 4. The Bertz CT molecular complexity index is 955. The first-order valence-electron chi connectivity index (χ1n) is 10.9. The lowest BCUT2D eigenvalue weighted by molar-refractivity contribution is -0.121. The molecule has 1 aromatic heterocycles. The van der Waals surface area contributed by atoms with Crippen molar-refractivity contribution in [3.8, 4) is 0 Å². The van der Waals surface area contributed by atoms with Crippen LogP contribution in [0, 0.1) is 17.2 Å². The largest absolute Gasteiger partial charge is 0.389 e. The lowest BCUT2D eigenvalue weighted by Crippen LogP contribution is -2.38. The number of oxime groups is 1. The third-order valence-corrected chi connectivity index (χ3v) is 5.01. The van der Waals surface area contributed by atoms with Crippen LogP contribution in [0.5, 0.6) is 0 Å². The lowest BCUT2D eigenvalue weighted by atomic mass is 9.96. The van der Waals surface area contributed by atoms with E-state index in [-0.39, 0.29) is 43.9 Å². The van der Waals surface area contributed by atoms with Crippen LogP contribution in [-0.2, 0) is 21.0 Å². The van der Waals surface area contributed by atoms with E-state index in [0.717, 1.165) is 5.01 Å². The standard InChI is InChI=1S/C24H34N6O3.H3N.H2/c1-16(2)32-14-17(3)18(4)24(31)28-21-13-9-12-20(27-21)15-33-29-22(23(25)30(5)26)19-10-7-6-8-11-19;;/h6-13,16-18,25H,14-15,26H2,1-5H3,(H,27,28,31);1H3;1H/b25-23?,29-22-;;. The number of hydrazine groups is 1. The quantitative estimate of drug-likeness (QED) is 0.167. The fourth-order valence-corrected chi connectivity index (χ4v) is 2.78. The molecule has 0 saturated carbocycles. The Morgan fingerprint density at radius 2 is 1.85 bits per heavy atom. The van der Waals surface area contributed by atoms with Gasteiger partial charge in [-0.25, -0.2) is 10.8 Å². The van der Waals surface area contributed by atoms with Gasteiger partial charge in [-0.1, -0.05) is 55.4 Å². The summed E-state index contributed by atoms with van der Waals surface area (Å²) >= 11 is 0. The topological polar surface area (TPSA) is 161 Å². The molecule has 10 nitrogen and oxygen atoms in total. The van der Waals surface area contributed by atoms with Crippen molar-refractivity contribution in [1.82, 2.24) is 16.1 Å². The molecule has 0 saturated heterocycles. The van der Waals surface area contributed by atoms with Gasteiger partial charge in [0.1, 0.15) is 5.82 Å². The van der Waals surface area contributed by atoms with Gasteiger partial charge >= 0.3 is 0 Å². The van der Waals surface area contributed by atoms with Crippen molar-refractivity contribution in [2.24, 2.45) is 22.8 Å². The number of aromatic nitrogens is 1. The van der Waals surface area contributed by atoms with Crippen molar-refractivity contribution < 1.29 is 15.8 Å². The molecule has 0 radical (unpaired) electrons. The predicted molar refractivity (Wildman–Crippen MR) is 137 cm³/mol. The van der Waals surface area contributed by atoms with E-state index in [1.165, 1.54) is 0 Å². The second-order valence-corrected chi connectivity index (χ2v) is 8.19. The maximum Gasteiger partial charge on any atom is 0.228 e. The van der Waals surface area contributed by atoms with Crippen LogP contribution < -0.4 is 17.3 Å². The number of likely N-dealkylation sites (N-methyl/N-ethyl adjacent to an activating group) is 1. The van der Waals surface area contributed by atoms with E-state index in [1.54, 1.807) is 25.2 Å². The predicted octanol–water partition coefficient (Wildman–Crippen LogP) is 3.83. The highest BCUT2D eigenvalue weighted by Gasteiger charge is 2.21. The highest BCUT2D eigenvalue weighted by Crippen LogP contribution is 2.16. The molecule has 1 heterocycles. The maximum absolute atomic E-state index is 12.6. The van der Waals surface area contributed by atoms with Gasteiger partial charge in [0.2, 0.25) is 5.91 Å². The average molecular weight is 474 g/mol. The van der Waals surface area contributed by atoms with Crippen molar-refractivity contribution in [3.63, 3.8) is 0 Å². The summed E-state index contributed by atoms with van der Waals surface area (Å²) in [4.78, 5) is 22.5. The second-order valence-electron chi connectivity index (χ2n) is 8.19. The van der Waals surface area contributed by atoms with Crippen LogP contribution in [0.2, 0.25) is 0 Å². The number of nitrogens with zero attached hydrogens (tertiary/aromatic N) is 3. The maximum atomic E-state index is 12.6. The Balaban J connectivity index is 0.00000578. The summed E-state index contributed by atoms with van der Waals surface area (Å²) in [6.07, 6.45) is 0.125. The fourth-order valence-electron chi connectivity index (χ4n) is 2.78. The van der Waals surface area contributed by atoms with Crippen molar-refractivity contribution >= 4 is 23.3 Å². The molecule has 2 unspecified atom stereocenters. The first kappa shape index (κ1) is 28.7. The summed E-state index contributed by atoms with van der Waals surface area (Å²) < 4.78 is 5.62. The Morgan fingerprint density at radius 3 is 2.47 bits per heavy atom. The SMILES string of the molecule is CC(C)OCC(C)C(C)C(=O)Nc1cccc(CO/N=C(\C(=N)N(C)N)c2ccccc2)n1.N.[HH]. The summed E-state index contributed by atoms with van der Waals surface area (Å²) in [7, 11) is 1.56. The number of nitrogens with two attached hydrogens (primary N) is 1. The third kappa shape index (κ3) is 8.89. The summed E-state index contributed by atoms with van der Waals surface area (Å²) in [6.45, 7) is 8.39. The summed E-state index contributed by atoms with van der Waals surface area (Å²) in [6, 6.07) is 14.5. The number of amides is 1. The van der Waals surface area contributed by atoms with E-state index in [1.807, 2.05) is 58.0 Å². The van der Waals surface area contributed by atoms with Crippen LogP contribution in [-0.4, -0.2) is 47.2 Å². The number of hydrogen-bond acceptors (Lipinski definition) is 8. The number of ether oxygens (including phenoxy) is 1. The van der Waals surface area contributed by atoms with Crippen LogP contribution in [0.25, 0.3) is 0 Å². The molecule has 1 aromatic carbocycles. The summed E-state index contributed by atoms with van der Waals surface area (Å²) in [5, 5.41) is 16.3. The molecular weight excluding hydrogens is 434 g/mol. The van der Waals surface area contributed by atoms with Gasteiger partial charge in [0, 0.05) is 20.0 Å². The van der Waals surface area contributed by atoms with E-state index < -0.39 is 0 Å². The van der Waals surface area contributed by atoms with Gasteiger partial charge in [0.25, 0.3) is 0 Å². The molecule has 10 heteroatoms. The van der Waals surface area contributed by atoms with Gasteiger partial charge in [-0.05, 0) is 31.9 Å². The Morgan fingerprint density at radius 1 is 1.18 bits per heavy atom. The number of rotatable bonds is 11. The van der Waals surface area contributed by atoms with Gasteiger partial charge in [-0.15, -0.1) is 0 Å². The number of carbonyl (C=O) groups excluding carboxylic acids is 1. The number of benzene rings is 1. The number of amidine groups is 1. The minimum Gasteiger partial charge on any atom is -0.389 e. The molecule has 2 rings (SSSR count). The van der Waals surface area contributed by atoms with Crippen LogP contribution in [0.15, 0.2) is 53.7 Å². The number of carbonyl (C=O) groups is 1. The van der Waals surface area contributed by atoms with Gasteiger partial charge in [0.05, 0.1) is 18.4 Å². The van der Waals surface area contributed by atoms with Crippen molar-refractivity contribution in [3.05, 3.63) is 59.8 Å². The smallest absolute Gasteiger partial charge is 0.228 e. The Kier molecular flexibility index (Phi) is 11.8. The fraction of sp³-hybridized carbons (Fsp3) is 0.417. The van der Waals surface area contributed by atoms with Crippen molar-refractivity contribution in [1.29, 1.82) is 5.41 Å². The molecule has 0 aliphatic heterocycles. The molecule has 188 valence electrons. The summed E-state index contributed by atoms with van der Waals surface area (Å²) in [5.41, 5.74) is 1.59. The van der Waals surface area contributed by atoms with E-state index in [9.17, 15) is 4.79 Å². The van der Waals surface area contributed by atoms with E-state index in [4.69, 9.17) is 20.8 Å². The third-order valence-electron chi connectivity index (χ3n) is 5.01. The highest BCUT2D eigenvalue weighted by atomic mass is 16.6. The molecule has 0 fully saturated rings. The zero-order valence-corrected chi connectivity index (χ0v) is 20.6.